The minimum Gasteiger partial charge on any atom is -0.375 e. The molecule has 1 atom stereocenters. The van der Waals surface area contributed by atoms with Crippen molar-refractivity contribution in [3.05, 3.63) is 89.4 Å². The van der Waals surface area contributed by atoms with Gasteiger partial charge in [-0.05, 0) is 30.0 Å². The van der Waals surface area contributed by atoms with Crippen LogP contribution in [0, 0.1) is 17.5 Å². The topological polar surface area (TPSA) is 45.2 Å². The zero-order valence-electron chi connectivity index (χ0n) is 18.7. The summed E-state index contributed by atoms with van der Waals surface area (Å²) in [6.45, 7) is 0. The van der Waals surface area contributed by atoms with Gasteiger partial charge in [0, 0.05) is 36.7 Å². The first-order valence-electron chi connectivity index (χ1n) is 11.0. The molecular formula is C27H22F3N3O. The summed E-state index contributed by atoms with van der Waals surface area (Å²) in [5.74, 6) is -3.65. The third kappa shape index (κ3) is 3.67. The molecule has 5 rings (SSSR count). The Kier molecular flexibility index (Phi) is 5.48. The van der Waals surface area contributed by atoms with Gasteiger partial charge >= 0.3 is 0 Å². The van der Waals surface area contributed by atoms with Crippen molar-refractivity contribution in [3.63, 3.8) is 0 Å². The lowest BCUT2D eigenvalue weighted by molar-refractivity contribution is -0.117. The predicted octanol–water partition coefficient (Wildman–Crippen LogP) is 6.05. The van der Waals surface area contributed by atoms with Crippen LogP contribution in [0.3, 0.4) is 0 Å². The molecule has 34 heavy (non-hydrogen) atoms. The number of aromatic nitrogens is 1. The van der Waals surface area contributed by atoms with Crippen LogP contribution >= 0.6 is 0 Å². The summed E-state index contributed by atoms with van der Waals surface area (Å²) in [4.78, 5) is 19.5. The summed E-state index contributed by atoms with van der Waals surface area (Å²) < 4.78 is 42.3. The second-order valence-corrected chi connectivity index (χ2v) is 8.65. The molecule has 0 fully saturated rings. The number of carbonyl (C=O) groups is 1. The van der Waals surface area contributed by atoms with Gasteiger partial charge < -0.3 is 10.2 Å². The van der Waals surface area contributed by atoms with Crippen LogP contribution in [-0.4, -0.2) is 25.0 Å². The molecule has 0 saturated carbocycles. The Hall–Kier alpha value is -3.87. The number of rotatable bonds is 4. The Morgan fingerprint density at radius 3 is 2.62 bits per heavy atom. The Labute approximate surface area is 195 Å². The number of fused-ring (bicyclic) bond motifs is 2. The third-order valence-corrected chi connectivity index (χ3v) is 6.31. The van der Waals surface area contributed by atoms with Crippen LogP contribution in [0.4, 0.5) is 24.5 Å². The summed E-state index contributed by atoms with van der Waals surface area (Å²) >= 11 is 0. The lowest BCUT2D eigenvalue weighted by Gasteiger charge is -2.22. The smallest absolute Gasteiger partial charge is 0.232 e. The molecule has 7 heteroatoms. The largest absolute Gasteiger partial charge is 0.375 e. The summed E-state index contributed by atoms with van der Waals surface area (Å²) in [6.07, 6.45) is 3.09. The van der Waals surface area contributed by atoms with Gasteiger partial charge in [-0.2, -0.15) is 0 Å². The van der Waals surface area contributed by atoms with Gasteiger partial charge in [0.25, 0.3) is 0 Å². The summed E-state index contributed by atoms with van der Waals surface area (Å²) in [5, 5.41) is 3.64. The number of nitrogens with zero attached hydrogens (tertiary/aromatic N) is 2. The Balaban J connectivity index is 1.59. The van der Waals surface area contributed by atoms with Crippen LogP contribution in [0.25, 0.3) is 22.0 Å². The number of para-hydroxylation sites is 1. The van der Waals surface area contributed by atoms with Crippen LogP contribution in [0.15, 0.2) is 60.8 Å². The van der Waals surface area contributed by atoms with Crippen LogP contribution in [0.2, 0.25) is 0 Å². The van der Waals surface area contributed by atoms with Crippen molar-refractivity contribution < 1.29 is 18.0 Å². The molecule has 4 aromatic rings. The monoisotopic (exact) mass is 461 g/mol. The lowest BCUT2D eigenvalue weighted by Crippen LogP contribution is -2.22. The van der Waals surface area contributed by atoms with Gasteiger partial charge in [-0.25, -0.2) is 13.2 Å². The van der Waals surface area contributed by atoms with Crippen LogP contribution in [0.5, 0.6) is 0 Å². The maximum absolute atomic E-state index is 14.6. The van der Waals surface area contributed by atoms with Gasteiger partial charge in [0.2, 0.25) is 5.91 Å². The van der Waals surface area contributed by atoms with Gasteiger partial charge in [0.15, 0.2) is 11.6 Å². The number of hydrogen-bond donors (Lipinski definition) is 1. The number of benzene rings is 3. The number of carbonyl (C=O) groups excluding carboxylic acids is 1. The van der Waals surface area contributed by atoms with Gasteiger partial charge in [0.1, 0.15) is 5.82 Å². The van der Waals surface area contributed by atoms with Crippen molar-refractivity contribution in [2.75, 3.05) is 24.3 Å². The molecule has 0 unspecified atom stereocenters. The number of hydrogen-bond acceptors (Lipinski definition) is 3. The third-order valence-electron chi connectivity index (χ3n) is 6.31. The van der Waals surface area contributed by atoms with E-state index in [4.69, 9.17) is 0 Å². The normalized spacial score (nSPS) is 14.8. The number of pyridine rings is 1. The number of anilines is 2. The first kappa shape index (κ1) is 21.9. The van der Waals surface area contributed by atoms with E-state index in [1.165, 1.54) is 11.8 Å². The Bertz CT molecular complexity index is 1430. The highest BCUT2D eigenvalue weighted by Gasteiger charge is 2.29. The highest BCUT2D eigenvalue weighted by atomic mass is 19.2. The molecule has 0 bridgehead atoms. The first-order valence-corrected chi connectivity index (χ1v) is 11.0. The van der Waals surface area contributed by atoms with Gasteiger partial charge in [-0.15, -0.1) is 0 Å². The summed E-state index contributed by atoms with van der Waals surface area (Å²) in [7, 11) is 3.65. The SMILES string of the molecule is CN(C)c1c(NC(=O)[C@H]2CCc3ccccc32)cnc2c(-c3cc(F)cc(F)c3F)cccc12. The molecule has 1 aromatic heterocycles. The van der Waals surface area contributed by atoms with Crippen molar-refractivity contribution in [2.24, 2.45) is 0 Å². The zero-order chi connectivity index (χ0) is 24.0. The molecule has 172 valence electrons. The number of nitrogens with one attached hydrogen (secondary N) is 1. The summed E-state index contributed by atoms with van der Waals surface area (Å²) in [5.41, 5.74) is 3.82. The molecule has 4 nitrogen and oxygen atoms in total. The van der Waals surface area contributed by atoms with E-state index < -0.39 is 17.5 Å². The maximum Gasteiger partial charge on any atom is 0.232 e. The minimum atomic E-state index is -1.26. The van der Waals surface area contributed by atoms with Crippen molar-refractivity contribution in [3.8, 4) is 11.1 Å². The highest BCUT2D eigenvalue weighted by Crippen LogP contribution is 2.39. The number of amides is 1. The van der Waals surface area contributed by atoms with Crippen molar-refractivity contribution >= 4 is 28.2 Å². The molecule has 1 N–H and O–H groups in total. The molecule has 0 aliphatic heterocycles. The second kappa shape index (κ2) is 8.48. The second-order valence-electron chi connectivity index (χ2n) is 8.65. The lowest BCUT2D eigenvalue weighted by atomic mass is 9.99. The van der Waals surface area contributed by atoms with Crippen molar-refractivity contribution in [2.45, 2.75) is 18.8 Å². The molecule has 0 saturated heterocycles. The van der Waals surface area contributed by atoms with Crippen molar-refractivity contribution in [1.82, 2.24) is 4.98 Å². The average molecular weight is 461 g/mol. The van der Waals surface area contributed by atoms with Gasteiger partial charge in [0.05, 0.1) is 29.0 Å². The Morgan fingerprint density at radius 2 is 1.82 bits per heavy atom. The van der Waals surface area contributed by atoms with E-state index in [2.05, 4.69) is 10.3 Å². The van der Waals surface area contributed by atoms with E-state index in [0.717, 1.165) is 24.5 Å². The predicted molar refractivity (Wildman–Crippen MR) is 128 cm³/mol. The van der Waals surface area contributed by atoms with Crippen LogP contribution in [0.1, 0.15) is 23.5 Å². The van der Waals surface area contributed by atoms with Crippen LogP contribution < -0.4 is 10.2 Å². The quantitative estimate of drug-likeness (QED) is 0.376. The van der Waals surface area contributed by atoms with E-state index in [9.17, 15) is 18.0 Å². The molecule has 3 aromatic carbocycles. The van der Waals surface area contributed by atoms with E-state index in [-0.39, 0.29) is 23.0 Å². The molecule has 0 radical (unpaired) electrons. The first-order chi connectivity index (χ1) is 16.3. The average Bonchev–Trinajstić information content (AvgIpc) is 3.25. The Morgan fingerprint density at radius 1 is 1.03 bits per heavy atom. The van der Waals surface area contributed by atoms with E-state index in [1.54, 1.807) is 18.2 Å². The number of halogens is 3. The van der Waals surface area contributed by atoms with E-state index in [1.807, 2.05) is 43.3 Å². The fourth-order valence-corrected chi connectivity index (χ4v) is 4.80. The molecular weight excluding hydrogens is 439 g/mol. The fraction of sp³-hybridized carbons (Fsp3) is 0.185. The number of aryl methyl sites for hydroxylation is 1. The standard InChI is InChI=1S/C27H22F3N3O/c1-33(2)26-20-9-5-8-18(21-12-16(28)13-22(29)24(21)30)25(20)31-14-23(26)32-27(34)19-11-10-15-6-3-4-7-17(15)19/h3-9,12-14,19H,10-11H2,1-2H3,(H,32,34)/t19-/m0/s1. The minimum absolute atomic E-state index is 0.122. The van der Waals surface area contributed by atoms with Gasteiger partial charge in [-0.3, -0.25) is 9.78 Å². The zero-order valence-corrected chi connectivity index (χ0v) is 18.7. The molecule has 1 aliphatic rings. The van der Waals surface area contributed by atoms with E-state index in [0.29, 0.717) is 28.3 Å². The maximum atomic E-state index is 14.6. The van der Waals surface area contributed by atoms with Gasteiger partial charge in [-0.1, -0.05) is 42.5 Å². The van der Waals surface area contributed by atoms with Crippen molar-refractivity contribution in [1.29, 1.82) is 0 Å². The highest BCUT2D eigenvalue weighted by molar-refractivity contribution is 6.08. The molecule has 1 aliphatic carbocycles. The fourth-order valence-electron chi connectivity index (χ4n) is 4.80. The summed E-state index contributed by atoms with van der Waals surface area (Å²) in [6, 6.07) is 14.4. The molecule has 1 amide bonds. The molecule has 0 spiro atoms. The van der Waals surface area contributed by atoms with E-state index >= 15 is 0 Å². The molecule has 1 heterocycles. The van der Waals surface area contributed by atoms with Crippen LogP contribution in [-0.2, 0) is 11.2 Å².